The monoisotopic (exact) mass is 390 g/mol. The van der Waals surface area contributed by atoms with Crippen molar-refractivity contribution in [3.8, 4) is 5.75 Å². The standard InChI is InChI=1S/C18H19BrN2O3/c1-23-17-6-5-13(19)11-16(17)18(22)20-14-3-2-4-15(12-14)21-7-9-24-10-8-21/h2-6,11-12H,7-10H2,1H3,(H,20,22). The molecule has 0 aliphatic carbocycles. The van der Waals surface area contributed by atoms with E-state index in [9.17, 15) is 4.79 Å². The van der Waals surface area contributed by atoms with Crippen LogP contribution >= 0.6 is 15.9 Å². The van der Waals surface area contributed by atoms with E-state index in [0.717, 1.165) is 42.2 Å². The Morgan fingerprint density at radius 1 is 1.21 bits per heavy atom. The number of rotatable bonds is 4. The van der Waals surface area contributed by atoms with Crippen molar-refractivity contribution < 1.29 is 14.3 Å². The second-order valence-corrected chi connectivity index (χ2v) is 6.36. The van der Waals surface area contributed by atoms with Crippen LogP contribution in [0, 0.1) is 0 Å². The van der Waals surface area contributed by atoms with Gasteiger partial charge in [0.05, 0.1) is 25.9 Å². The van der Waals surface area contributed by atoms with Crippen molar-refractivity contribution in [2.24, 2.45) is 0 Å². The van der Waals surface area contributed by atoms with Crippen molar-refractivity contribution >= 4 is 33.2 Å². The fraction of sp³-hybridized carbons (Fsp3) is 0.278. The molecule has 1 saturated heterocycles. The molecule has 1 N–H and O–H groups in total. The number of nitrogens with one attached hydrogen (secondary N) is 1. The first-order chi connectivity index (χ1) is 11.7. The van der Waals surface area contributed by atoms with Gasteiger partial charge in [-0.3, -0.25) is 4.79 Å². The van der Waals surface area contributed by atoms with Crippen LogP contribution in [0.25, 0.3) is 0 Å². The number of anilines is 2. The van der Waals surface area contributed by atoms with E-state index in [1.165, 1.54) is 0 Å². The van der Waals surface area contributed by atoms with Gasteiger partial charge in [-0.1, -0.05) is 22.0 Å². The van der Waals surface area contributed by atoms with E-state index in [1.54, 1.807) is 19.2 Å². The van der Waals surface area contributed by atoms with Crippen molar-refractivity contribution in [2.45, 2.75) is 0 Å². The van der Waals surface area contributed by atoms with Crippen molar-refractivity contribution in [1.82, 2.24) is 0 Å². The Hall–Kier alpha value is -2.05. The molecular weight excluding hydrogens is 372 g/mol. The largest absolute Gasteiger partial charge is 0.496 e. The first kappa shape index (κ1) is 16.8. The summed E-state index contributed by atoms with van der Waals surface area (Å²) in [5, 5.41) is 2.94. The molecule has 126 valence electrons. The summed E-state index contributed by atoms with van der Waals surface area (Å²) in [6, 6.07) is 13.2. The lowest BCUT2D eigenvalue weighted by atomic mass is 10.1. The highest BCUT2D eigenvalue weighted by atomic mass is 79.9. The van der Waals surface area contributed by atoms with Crippen molar-refractivity contribution in [3.63, 3.8) is 0 Å². The maximum absolute atomic E-state index is 12.6. The fourth-order valence-corrected chi connectivity index (χ4v) is 3.02. The van der Waals surface area contributed by atoms with Crippen molar-refractivity contribution in [2.75, 3.05) is 43.6 Å². The van der Waals surface area contributed by atoms with Crippen LogP contribution in [0.5, 0.6) is 5.75 Å². The number of hydrogen-bond donors (Lipinski definition) is 1. The van der Waals surface area contributed by atoms with E-state index in [4.69, 9.17) is 9.47 Å². The molecule has 0 aromatic heterocycles. The summed E-state index contributed by atoms with van der Waals surface area (Å²) in [4.78, 5) is 14.8. The summed E-state index contributed by atoms with van der Waals surface area (Å²) in [6.07, 6.45) is 0. The van der Waals surface area contributed by atoms with Gasteiger partial charge in [0, 0.05) is 28.9 Å². The lowest BCUT2D eigenvalue weighted by molar-refractivity contribution is 0.102. The Balaban J connectivity index is 1.78. The normalized spacial score (nSPS) is 14.3. The number of hydrogen-bond acceptors (Lipinski definition) is 4. The molecule has 0 radical (unpaired) electrons. The Bertz CT molecular complexity index is 730. The van der Waals surface area contributed by atoms with Gasteiger partial charge < -0.3 is 19.7 Å². The maximum Gasteiger partial charge on any atom is 0.259 e. The fourth-order valence-electron chi connectivity index (χ4n) is 2.66. The SMILES string of the molecule is COc1ccc(Br)cc1C(=O)Nc1cccc(N2CCOCC2)c1. The molecule has 24 heavy (non-hydrogen) atoms. The molecule has 0 atom stereocenters. The Kier molecular flexibility index (Phi) is 5.37. The van der Waals surface area contributed by atoms with Crippen LogP contribution < -0.4 is 15.0 Å². The molecule has 2 aromatic rings. The zero-order valence-electron chi connectivity index (χ0n) is 13.4. The summed E-state index contributed by atoms with van der Waals surface area (Å²) in [7, 11) is 1.55. The number of carbonyl (C=O) groups is 1. The average molecular weight is 391 g/mol. The van der Waals surface area contributed by atoms with Crippen LogP contribution in [0.3, 0.4) is 0 Å². The highest BCUT2D eigenvalue weighted by Gasteiger charge is 2.15. The van der Waals surface area contributed by atoms with Crippen molar-refractivity contribution in [1.29, 1.82) is 0 Å². The van der Waals surface area contributed by atoms with Gasteiger partial charge in [-0.15, -0.1) is 0 Å². The molecule has 3 rings (SSSR count). The third-order valence-electron chi connectivity index (χ3n) is 3.89. The van der Waals surface area contributed by atoms with Crippen LogP contribution in [-0.4, -0.2) is 39.3 Å². The van der Waals surface area contributed by atoms with Crippen LogP contribution in [0.15, 0.2) is 46.9 Å². The third-order valence-corrected chi connectivity index (χ3v) is 4.38. The van der Waals surface area contributed by atoms with Gasteiger partial charge in [-0.05, 0) is 36.4 Å². The molecule has 1 amide bonds. The summed E-state index contributed by atoms with van der Waals surface area (Å²) >= 11 is 3.39. The van der Waals surface area contributed by atoms with E-state index < -0.39 is 0 Å². The van der Waals surface area contributed by atoms with Crippen molar-refractivity contribution in [3.05, 3.63) is 52.5 Å². The molecule has 0 unspecified atom stereocenters. The lowest BCUT2D eigenvalue weighted by Crippen LogP contribution is -2.36. The highest BCUT2D eigenvalue weighted by molar-refractivity contribution is 9.10. The van der Waals surface area contributed by atoms with E-state index in [0.29, 0.717) is 11.3 Å². The molecule has 1 fully saturated rings. The van der Waals surface area contributed by atoms with Crippen LogP contribution in [-0.2, 0) is 4.74 Å². The van der Waals surface area contributed by atoms with Gasteiger partial charge in [0.25, 0.3) is 5.91 Å². The molecule has 2 aromatic carbocycles. The minimum Gasteiger partial charge on any atom is -0.496 e. The summed E-state index contributed by atoms with van der Waals surface area (Å²) in [5.74, 6) is 0.340. The molecular formula is C18H19BrN2O3. The second-order valence-electron chi connectivity index (χ2n) is 5.45. The van der Waals surface area contributed by atoms with Gasteiger partial charge >= 0.3 is 0 Å². The topological polar surface area (TPSA) is 50.8 Å². The third kappa shape index (κ3) is 3.88. The summed E-state index contributed by atoms with van der Waals surface area (Å²) in [5.41, 5.74) is 2.33. The summed E-state index contributed by atoms with van der Waals surface area (Å²) < 4.78 is 11.5. The molecule has 0 spiro atoms. The Morgan fingerprint density at radius 2 is 2.00 bits per heavy atom. The van der Waals surface area contributed by atoms with Gasteiger partial charge in [0.15, 0.2) is 0 Å². The number of halogens is 1. The van der Waals surface area contributed by atoms with E-state index in [2.05, 4.69) is 26.1 Å². The zero-order chi connectivity index (χ0) is 16.9. The van der Waals surface area contributed by atoms with Gasteiger partial charge in [0.2, 0.25) is 0 Å². The van der Waals surface area contributed by atoms with Gasteiger partial charge in [-0.25, -0.2) is 0 Å². The summed E-state index contributed by atoms with van der Waals surface area (Å²) in [6.45, 7) is 3.17. The van der Waals surface area contributed by atoms with Gasteiger partial charge in [-0.2, -0.15) is 0 Å². The first-order valence-electron chi connectivity index (χ1n) is 7.75. The predicted octanol–water partition coefficient (Wildman–Crippen LogP) is 3.55. The van der Waals surface area contributed by atoms with Gasteiger partial charge in [0.1, 0.15) is 5.75 Å². The van der Waals surface area contributed by atoms with Crippen LogP contribution in [0.2, 0.25) is 0 Å². The highest BCUT2D eigenvalue weighted by Crippen LogP contribution is 2.25. The number of morpholine rings is 1. The van der Waals surface area contributed by atoms with Crippen LogP contribution in [0.1, 0.15) is 10.4 Å². The smallest absolute Gasteiger partial charge is 0.259 e. The molecule has 0 bridgehead atoms. The zero-order valence-corrected chi connectivity index (χ0v) is 15.0. The second kappa shape index (κ2) is 7.68. The molecule has 1 aliphatic rings. The number of nitrogens with zero attached hydrogens (tertiary/aromatic N) is 1. The first-order valence-corrected chi connectivity index (χ1v) is 8.54. The van der Waals surface area contributed by atoms with E-state index in [-0.39, 0.29) is 5.91 Å². The number of carbonyl (C=O) groups excluding carboxylic acids is 1. The molecule has 1 aliphatic heterocycles. The van der Waals surface area contributed by atoms with E-state index >= 15 is 0 Å². The Labute approximate surface area is 149 Å². The predicted molar refractivity (Wildman–Crippen MR) is 98.1 cm³/mol. The molecule has 1 heterocycles. The number of amides is 1. The average Bonchev–Trinajstić information content (AvgIpc) is 2.62. The number of benzene rings is 2. The Morgan fingerprint density at radius 3 is 2.75 bits per heavy atom. The molecule has 5 nitrogen and oxygen atoms in total. The number of methoxy groups -OCH3 is 1. The quantitative estimate of drug-likeness (QED) is 0.866. The van der Waals surface area contributed by atoms with Crippen LogP contribution in [0.4, 0.5) is 11.4 Å². The maximum atomic E-state index is 12.6. The number of ether oxygens (including phenoxy) is 2. The molecule has 0 saturated carbocycles. The minimum absolute atomic E-state index is 0.202. The van der Waals surface area contributed by atoms with E-state index in [1.807, 2.05) is 30.3 Å². The molecule has 6 heteroatoms. The minimum atomic E-state index is -0.202. The lowest BCUT2D eigenvalue weighted by Gasteiger charge is -2.29.